The van der Waals surface area contributed by atoms with E-state index in [9.17, 15) is 19.7 Å². The van der Waals surface area contributed by atoms with E-state index in [1.54, 1.807) is 55.5 Å². The van der Waals surface area contributed by atoms with Crippen LogP contribution >= 0.6 is 11.3 Å². The lowest BCUT2D eigenvalue weighted by Crippen LogP contribution is -2.14. The van der Waals surface area contributed by atoms with Gasteiger partial charge in [0.15, 0.2) is 0 Å². The number of nitrogens with one attached hydrogen (secondary N) is 1. The summed E-state index contributed by atoms with van der Waals surface area (Å²) >= 11 is 1.11. The zero-order valence-corrected chi connectivity index (χ0v) is 15.7. The van der Waals surface area contributed by atoms with Crippen LogP contribution in [-0.4, -0.2) is 23.4 Å². The van der Waals surface area contributed by atoms with Gasteiger partial charge in [-0.15, -0.1) is 11.3 Å². The normalized spacial score (nSPS) is 10.3. The van der Waals surface area contributed by atoms with E-state index >= 15 is 0 Å². The number of ether oxygens (including phenoxy) is 1. The molecule has 0 spiro atoms. The number of carbonyl (C=O) groups is 2. The van der Waals surface area contributed by atoms with Gasteiger partial charge in [0.05, 0.1) is 17.2 Å². The fourth-order valence-electron chi connectivity index (χ4n) is 2.53. The van der Waals surface area contributed by atoms with Crippen molar-refractivity contribution in [1.29, 1.82) is 0 Å². The summed E-state index contributed by atoms with van der Waals surface area (Å²) in [5, 5.41) is 13.8. The van der Waals surface area contributed by atoms with Gasteiger partial charge in [-0.3, -0.25) is 14.9 Å². The van der Waals surface area contributed by atoms with Crippen molar-refractivity contribution in [1.82, 2.24) is 0 Å². The molecule has 0 radical (unpaired) electrons. The molecule has 0 unspecified atom stereocenters. The molecule has 1 N–H and O–H groups in total. The van der Waals surface area contributed by atoms with Crippen molar-refractivity contribution in [3.05, 3.63) is 81.2 Å². The third-order valence-electron chi connectivity index (χ3n) is 3.82. The summed E-state index contributed by atoms with van der Waals surface area (Å²) in [5.41, 5.74) is 1.27. The minimum absolute atomic E-state index is 0.0570. The second-order valence-electron chi connectivity index (χ2n) is 5.70. The molecule has 28 heavy (non-hydrogen) atoms. The molecule has 0 fully saturated rings. The molecule has 2 aromatic carbocycles. The zero-order valence-electron chi connectivity index (χ0n) is 14.9. The molecule has 142 valence electrons. The van der Waals surface area contributed by atoms with Crippen LogP contribution in [0.5, 0.6) is 0 Å². The number of esters is 1. The predicted molar refractivity (Wildman–Crippen MR) is 107 cm³/mol. The van der Waals surface area contributed by atoms with Gasteiger partial charge in [0.25, 0.3) is 11.6 Å². The smallest absolute Gasteiger partial charge is 0.350 e. The minimum Gasteiger partial charge on any atom is -0.462 e. The number of hydrogen-bond donors (Lipinski definition) is 1. The fraction of sp³-hybridized carbons (Fsp3) is 0.100. The van der Waals surface area contributed by atoms with Gasteiger partial charge in [0.2, 0.25) is 0 Å². The molecule has 3 rings (SSSR count). The maximum Gasteiger partial charge on any atom is 0.350 e. The van der Waals surface area contributed by atoms with Crippen LogP contribution < -0.4 is 5.32 Å². The van der Waals surface area contributed by atoms with Gasteiger partial charge in [-0.2, -0.15) is 0 Å². The number of nitro groups is 1. The highest BCUT2D eigenvalue weighted by Gasteiger charge is 2.21. The summed E-state index contributed by atoms with van der Waals surface area (Å²) in [6.07, 6.45) is 0. The predicted octanol–water partition coefficient (Wildman–Crippen LogP) is 4.75. The molecule has 1 amide bonds. The van der Waals surface area contributed by atoms with Gasteiger partial charge in [0.1, 0.15) is 4.88 Å². The first-order valence-electron chi connectivity index (χ1n) is 8.41. The lowest BCUT2D eigenvalue weighted by molar-refractivity contribution is -0.384. The number of anilines is 1. The quantitative estimate of drug-likeness (QED) is 0.368. The van der Waals surface area contributed by atoms with Crippen molar-refractivity contribution in [2.24, 2.45) is 0 Å². The molecule has 3 aromatic rings. The second-order valence-corrected chi connectivity index (χ2v) is 6.75. The summed E-state index contributed by atoms with van der Waals surface area (Å²) < 4.78 is 5.08. The van der Waals surface area contributed by atoms with E-state index in [1.165, 1.54) is 12.1 Å². The summed E-state index contributed by atoms with van der Waals surface area (Å²) in [7, 11) is 0. The average Bonchev–Trinajstić information content (AvgIpc) is 3.13. The minimum atomic E-state index is -0.562. The molecule has 0 saturated carbocycles. The number of amides is 1. The van der Waals surface area contributed by atoms with Crippen molar-refractivity contribution in [3.63, 3.8) is 0 Å². The number of nitrogens with zero attached hydrogens (tertiary/aromatic N) is 1. The lowest BCUT2D eigenvalue weighted by atomic mass is 10.1. The van der Waals surface area contributed by atoms with E-state index < -0.39 is 10.9 Å². The Morgan fingerprint density at radius 3 is 2.54 bits per heavy atom. The van der Waals surface area contributed by atoms with Gasteiger partial charge in [-0.05, 0) is 30.7 Å². The molecule has 0 aliphatic rings. The lowest BCUT2D eigenvalue weighted by Gasteiger charge is -2.06. The van der Waals surface area contributed by atoms with Crippen molar-refractivity contribution in [2.45, 2.75) is 6.92 Å². The topological polar surface area (TPSA) is 98.5 Å². The summed E-state index contributed by atoms with van der Waals surface area (Å²) in [5.74, 6) is -0.929. The Morgan fingerprint density at radius 1 is 1.11 bits per heavy atom. The standard InChI is InChI=1S/C20H16N2O5S/c1-2-27-20(24)18-16(21-19(23)13-7-4-3-5-8-13)12-17(28-18)14-9-6-10-15(11-14)22(25)26/h3-12H,2H2,1H3,(H,21,23). The first-order chi connectivity index (χ1) is 13.5. The Bertz CT molecular complexity index is 1030. The first-order valence-corrected chi connectivity index (χ1v) is 9.23. The van der Waals surface area contributed by atoms with Gasteiger partial charge < -0.3 is 10.1 Å². The van der Waals surface area contributed by atoms with Crippen LogP contribution in [0.1, 0.15) is 27.0 Å². The van der Waals surface area contributed by atoms with Crippen molar-refractivity contribution >= 4 is 34.6 Å². The van der Waals surface area contributed by atoms with E-state index in [-0.39, 0.29) is 23.1 Å². The Balaban J connectivity index is 1.99. The van der Waals surface area contributed by atoms with Gasteiger partial charge >= 0.3 is 5.97 Å². The maximum atomic E-state index is 12.5. The third-order valence-corrected chi connectivity index (χ3v) is 4.98. The van der Waals surface area contributed by atoms with Crippen molar-refractivity contribution in [2.75, 3.05) is 11.9 Å². The number of carbonyl (C=O) groups excluding carboxylic acids is 2. The van der Waals surface area contributed by atoms with E-state index in [1.807, 2.05) is 0 Å². The van der Waals surface area contributed by atoms with Crippen LogP contribution in [0.4, 0.5) is 11.4 Å². The number of non-ortho nitro benzene ring substituents is 1. The molecule has 0 saturated heterocycles. The molecule has 0 aliphatic heterocycles. The van der Waals surface area contributed by atoms with Crippen LogP contribution in [-0.2, 0) is 4.74 Å². The van der Waals surface area contributed by atoms with Crippen molar-refractivity contribution < 1.29 is 19.2 Å². The van der Waals surface area contributed by atoms with Gasteiger partial charge in [0, 0.05) is 22.6 Å². The molecule has 1 aromatic heterocycles. The van der Waals surface area contributed by atoms with E-state index in [2.05, 4.69) is 5.32 Å². The molecule has 0 aliphatic carbocycles. The number of benzene rings is 2. The molecule has 1 heterocycles. The summed E-state index contributed by atoms with van der Waals surface area (Å²) in [6.45, 7) is 1.88. The van der Waals surface area contributed by atoms with E-state index in [0.717, 1.165) is 11.3 Å². The average molecular weight is 396 g/mol. The molecular weight excluding hydrogens is 380 g/mol. The Kier molecular flexibility index (Phi) is 5.81. The molecular formula is C20H16N2O5S. The monoisotopic (exact) mass is 396 g/mol. The second kappa shape index (κ2) is 8.45. The van der Waals surface area contributed by atoms with Gasteiger partial charge in [-0.1, -0.05) is 30.3 Å². The maximum absolute atomic E-state index is 12.5. The highest BCUT2D eigenvalue weighted by Crippen LogP contribution is 2.36. The van der Waals surface area contributed by atoms with Crippen molar-refractivity contribution in [3.8, 4) is 10.4 Å². The number of thiophene rings is 1. The van der Waals surface area contributed by atoms with Gasteiger partial charge in [-0.25, -0.2) is 4.79 Å². The number of nitro benzene ring substituents is 1. The number of hydrogen-bond acceptors (Lipinski definition) is 6. The largest absolute Gasteiger partial charge is 0.462 e. The van der Waals surface area contributed by atoms with Crippen LogP contribution in [0.2, 0.25) is 0 Å². The zero-order chi connectivity index (χ0) is 20.1. The SMILES string of the molecule is CCOC(=O)c1sc(-c2cccc([N+](=O)[O-])c2)cc1NC(=O)c1ccccc1. The Hall–Kier alpha value is -3.52. The first kappa shape index (κ1) is 19.2. The Labute approximate surface area is 164 Å². The molecule has 8 heteroatoms. The summed E-state index contributed by atoms with van der Waals surface area (Å²) in [6, 6.07) is 16.3. The molecule has 7 nitrogen and oxygen atoms in total. The van der Waals surface area contributed by atoms with Crippen LogP contribution in [0.15, 0.2) is 60.7 Å². The summed E-state index contributed by atoms with van der Waals surface area (Å²) in [4.78, 5) is 36.2. The Morgan fingerprint density at radius 2 is 1.86 bits per heavy atom. The number of rotatable bonds is 6. The highest BCUT2D eigenvalue weighted by atomic mass is 32.1. The van der Waals surface area contributed by atoms with Crippen LogP contribution in [0.25, 0.3) is 10.4 Å². The van der Waals surface area contributed by atoms with Crippen LogP contribution in [0.3, 0.4) is 0 Å². The van der Waals surface area contributed by atoms with Crippen LogP contribution in [0, 0.1) is 10.1 Å². The fourth-order valence-corrected chi connectivity index (χ4v) is 3.53. The highest BCUT2D eigenvalue weighted by molar-refractivity contribution is 7.18. The third kappa shape index (κ3) is 4.24. The van der Waals surface area contributed by atoms with E-state index in [4.69, 9.17) is 4.74 Å². The molecule has 0 bridgehead atoms. The molecule has 0 atom stereocenters. The van der Waals surface area contributed by atoms with E-state index in [0.29, 0.717) is 21.7 Å².